The molecule has 1 aliphatic heterocycles. The van der Waals surface area contributed by atoms with Crippen molar-refractivity contribution >= 4 is 0 Å². The third kappa shape index (κ3) is 3.23. The molecule has 2 nitrogen and oxygen atoms in total. The highest BCUT2D eigenvalue weighted by molar-refractivity contribution is 4.90. The van der Waals surface area contributed by atoms with E-state index in [9.17, 15) is 5.11 Å². The number of hydrogen-bond acceptors (Lipinski definition) is 2. The average molecular weight is 239 g/mol. The van der Waals surface area contributed by atoms with Gasteiger partial charge in [0.2, 0.25) is 0 Å². The van der Waals surface area contributed by atoms with Crippen LogP contribution in [0.15, 0.2) is 0 Å². The predicted octanol–water partition coefficient (Wildman–Crippen LogP) is 2.95. The standard InChI is InChI=1S/C15H29NO/c1-3-11-5-6-15(17)13(9-11)14-10-12(4-2)7-8-16-14/h11-17H,3-10H2,1-2H3. The lowest BCUT2D eigenvalue weighted by molar-refractivity contribution is 0.0164. The number of rotatable bonds is 3. The largest absolute Gasteiger partial charge is 0.393 e. The summed E-state index contributed by atoms with van der Waals surface area (Å²) in [5, 5.41) is 13.9. The van der Waals surface area contributed by atoms with Crippen molar-refractivity contribution in [2.24, 2.45) is 17.8 Å². The molecule has 2 N–H and O–H groups in total. The van der Waals surface area contributed by atoms with Crippen molar-refractivity contribution in [3.63, 3.8) is 0 Å². The maximum atomic E-state index is 10.3. The zero-order valence-electron chi connectivity index (χ0n) is 11.5. The zero-order chi connectivity index (χ0) is 12.3. The van der Waals surface area contributed by atoms with Crippen LogP contribution < -0.4 is 5.32 Å². The summed E-state index contributed by atoms with van der Waals surface area (Å²) in [7, 11) is 0. The van der Waals surface area contributed by atoms with E-state index in [0.717, 1.165) is 24.8 Å². The van der Waals surface area contributed by atoms with Crippen molar-refractivity contribution in [1.82, 2.24) is 5.32 Å². The van der Waals surface area contributed by atoms with Crippen LogP contribution in [0.1, 0.15) is 58.8 Å². The third-order valence-electron chi connectivity index (χ3n) is 5.19. The molecule has 0 aromatic rings. The van der Waals surface area contributed by atoms with E-state index in [2.05, 4.69) is 19.2 Å². The Balaban J connectivity index is 1.94. The lowest BCUT2D eigenvalue weighted by atomic mass is 9.72. The maximum absolute atomic E-state index is 10.3. The number of aliphatic hydroxyl groups excluding tert-OH is 1. The van der Waals surface area contributed by atoms with Gasteiger partial charge in [-0.25, -0.2) is 0 Å². The summed E-state index contributed by atoms with van der Waals surface area (Å²) >= 11 is 0. The molecule has 0 radical (unpaired) electrons. The van der Waals surface area contributed by atoms with Gasteiger partial charge in [-0.15, -0.1) is 0 Å². The molecule has 0 aromatic carbocycles. The van der Waals surface area contributed by atoms with E-state index >= 15 is 0 Å². The summed E-state index contributed by atoms with van der Waals surface area (Å²) in [6, 6.07) is 0.582. The molecule has 5 atom stereocenters. The molecule has 2 heteroatoms. The normalized spacial score (nSPS) is 43.6. The van der Waals surface area contributed by atoms with Crippen molar-refractivity contribution < 1.29 is 5.11 Å². The minimum Gasteiger partial charge on any atom is -0.393 e. The molecule has 2 aliphatic rings. The lowest BCUT2D eigenvalue weighted by Gasteiger charge is -2.41. The fraction of sp³-hybridized carbons (Fsp3) is 1.00. The van der Waals surface area contributed by atoms with E-state index < -0.39 is 0 Å². The van der Waals surface area contributed by atoms with Gasteiger partial charge in [0.25, 0.3) is 0 Å². The van der Waals surface area contributed by atoms with Crippen LogP contribution in [-0.2, 0) is 0 Å². The molecule has 1 heterocycles. The summed E-state index contributed by atoms with van der Waals surface area (Å²) in [4.78, 5) is 0. The van der Waals surface area contributed by atoms with Gasteiger partial charge in [0.15, 0.2) is 0 Å². The minimum absolute atomic E-state index is 0.0501. The minimum atomic E-state index is -0.0501. The van der Waals surface area contributed by atoms with E-state index in [4.69, 9.17) is 0 Å². The Hall–Kier alpha value is -0.0800. The van der Waals surface area contributed by atoms with Gasteiger partial charge in [0, 0.05) is 12.0 Å². The molecule has 17 heavy (non-hydrogen) atoms. The second-order valence-electron chi connectivity index (χ2n) is 6.18. The second-order valence-corrected chi connectivity index (χ2v) is 6.18. The first-order valence-electron chi connectivity index (χ1n) is 7.66. The van der Waals surface area contributed by atoms with E-state index in [1.165, 1.54) is 38.5 Å². The van der Waals surface area contributed by atoms with Gasteiger partial charge in [-0.1, -0.05) is 26.7 Å². The Bertz CT molecular complexity index is 231. The number of aliphatic hydroxyl groups is 1. The van der Waals surface area contributed by atoms with Gasteiger partial charge in [0.05, 0.1) is 6.10 Å². The first-order chi connectivity index (χ1) is 8.24. The molecule has 1 saturated carbocycles. The van der Waals surface area contributed by atoms with E-state index in [-0.39, 0.29) is 6.10 Å². The van der Waals surface area contributed by atoms with Crippen LogP contribution in [0, 0.1) is 17.8 Å². The molecule has 0 aromatic heterocycles. The quantitative estimate of drug-likeness (QED) is 0.793. The van der Waals surface area contributed by atoms with Crippen molar-refractivity contribution in [2.45, 2.75) is 70.9 Å². The van der Waals surface area contributed by atoms with Crippen LogP contribution >= 0.6 is 0 Å². The average Bonchev–Trinajstić information content (AvgIpc) is 2.39. The summed E-state index contributed by atoms with van der Waals surface area (Å²) < 4.78 is 0. The molecule has 0 spiro atoms. The van der Waals surface area contributed by atoms with Gasteiger partial charge in [0.1, 0.15) is 0 Å². The molecule has 1 saturated heterocycles. The molecular formula is C15H29NO. The van der Waals surface area contributed by atoms with E-state index in [1.807, 2.05) is 0 Å². The molecule has 100 valence electrons. The van der Waals surface area contributed by atoms with Crippen LogP contribution in [0.5, 0.6) is 0 Å². The Morgan fingerprint density at radius 1 is 1.00 bits per heavy atom. The molecule has 2 rings (SSSR count). The zero-order valence-corrected chi connectivity index (χ0v) is 11.5. The Kier molecular flexibility index (Phi) is 4.87. The molecular weight excluding hydrogens is 210 g/mol. The molecule has 0 amide bonds. The van der Waals surface area contributed by atoms with Gasteiger partial charge in [-0.2, -0.15) is 0 Å². The van der Waals surface area contributed by atoms with Gasteiger partial charge >= 0.3 is 0 Å². The summed E-state index contributed by atoms with van der Waals surface area (Å²) in [5.41, 5.74) is 0. The number of hydrogen-bond donors (Lipinski definition) is 2. The fourth-order valence-corrected chi connectivity index (χ4v) is 3.81. The SMILES string of the molecule is CCC1CCNC(C2CC(CC)CCC2O)C1. The fourth-order valence-electron chi connectivity index (χ4n) is 3.81. The first kappa shape index (κ1) is 13.4. The number of piperidine rings is 1. The molecule has 2 fully saturated rings. The Morgan fingerprint density at radius 3 is 2.41 bits per heavy atom. The van der Waals surface area contributed by atoms with Crippen LogP contribution in [0.3, 0.4) is 0 Å². The number of nitrogens with one attached hydrogen (secondary N) is 1. The summed E-state index contributed by atoms with van der Waals surface area (Å²) in [5.74, 6) is 2.26. The highest BCUT2D eigenvalue weighted by atomic mass is 16.3. The first-order valence-corrected chi connectivity index (χ1v) is 7.66. The van der Waals surface area contributed by atoms with E-state index in [1.54, 1.807) is 0 Å². The predicted molar refractivity (Wildman–Crippen MR) is 71.9 cm³/mol. The van der Waals surface area contributed by atoms with Crippen LogP contribution in [0.25, 0.3) is 0 Å². The van der Waals surface area contributed by atoms with Crippen LogP contribution in [0.4, 0.5) is 0 Å². The van der Waals surface area contributed by atoms with Gasteiger partial charge in [-0.3, -0.25) is 0 Å². The van der Waals surface area contributed by atoms with Crippen LogP contribution in [0.2, 0.25) is 0 Å². The van der Waals surface area contributed by atoms with E-state index in [0.29, 0.717) is 12.0 Å². The maximum Gasteiger partial charge on any atom is 0.0583 e. The summed E-state index contributed by atoms with van der Waals surface area (Å²) in [6.45, 7) is 5.75. The van der Waals surface area contributed by atoms with Crippen molar-refractivity contribution in [3.8, 4) is 0 Å². The van der Waals surface area contributed by atoms with Crippen LogP contribution in [-0.4, -0.2) is 23.8 Å². The third-order valence-corrected chi connectivity index (χ3v) is 5.19. The second kappa shape index (κ2) is 6.19. The molecule has 5 unspecified atom stereocenters. The monoisotopic (exact) mass is 239 g/mol. The highest BCUT2D eigenvalue weighted by Gasteiger charge is 2.36. The van der Waals surface area contributed by atoms with Gasteiger partial charge in [-0.05, 0) is 50.5 Å². The lowest BCUT2D eigenvalue weighted by Crippen LogP contribution is -2.49. The summed E-state index contributed by atoms with van der Waals surface area (Å²) in [6.07, 6.45) is 8.65. The van der Waals surface area contributed by atoms with Crippen molar-refractivity contribution in [2.75, 3.05) is 6.54 Å². The topological polar surface area (TPSA) is 32.3 Å². The van der Waals surface area contributed by atoms with Crippen molar-refractivity contribution in [3.05, 3.63) is 0 Å². The molecule has 1 aliphatic carbocycles. The van der Waals surface area contributed by atoms with Crippen molar-refractivity contribution in [1.29, 1.82) is 0 Å². The smallest absolute Gasteiger partial charge is 0.0583 e. The Morgan fingerprint density at radius 2 is 1.71 bits per heavy atom. The molecule has 0 bridgehead atoms. The highest BCUT2D eigenvalue weighted by Crippen LogP contribution is 2.36. The van der Waals surface area contributed by atoms with Gasteiger partial charge < -0.3 is 10.4 Å². The Labute approximate surface area is 106 Å².